The number of hydrogen-bond acceptors (Lipinski definition) is 2. The van der Waals surface area contributed by atoms with E-state index in [1.807, 2.05) is 0 Å². The molecule has 0 saturated heterocycles. The fourth-order valence-electron chi connectivity index (χ4n) is 1.65. The van der Waals surface area contributed by atoms with Gasteiger partial charge in [-0.1, -0.05) is 24.3 Å². The molecule has 0 radical (unpaired) electrons. The van der Waals surface area contributed by atoms with Crippen LogP contribution in [0.15, 0.2) is 24.3 Å². The second-order valence-corrected chi connectivity index (χ2v) is 4.50. The Labute approximate surface area is 98.9 Å². The van der Waals surface area contributed by atoms with E-state index in [4.69, 9.17) is 0 Å². The quantitative estimate of drug-likeness (QED) is 0.726. The molecule has 1 nitrogen and oxygen atoms in total. The van der Waals surface area contributed by atoms with Gasteiger partial charge >= 0.3 is 0 Å². The molecule has 0 N–H and O–H groups in total. The number of nitrogens with zero attached hydrogens (tertiary/aromatic N) is 1. The highest BCUT2D eigenvalue weighted by Crippen LogP contribution is 2.08. The Kier molecular flexibility index (Phi) is 5.81. The lowest BCUT2D eigenvalue weighted by atomic mass is 10.1. The largest absolute Gasteiger partial charge is 0.306 e. The van der Waals surface area contributed by atoms with Crippen molar-refractivity contribution in [1.29, 1.82) is 0 Å². The third kappa shape index (κ3) is 4.72. The van der Waals surface area contributed by atoms with Gasteiger partial charge in [0.1, 0.15) is 0 Å². The predicted molar refractivity (Wildman–Crippen MR) is 70.9 cm³/mol. The van der Waals surface area contributed by atoms with Crippen LogP contribution in [0.25, 0.3) is 0 Å². The lowest BCUT2D eigenvalue weighted by Gasteiger charge is -2.16. The highest BCUT2D eigenvalue weighted by atomic mass is 32.1. The summed E-state index contributed by atoms with van der Waals surface area (Å²) in [5.74, 6) is 0.981. The van der Waals surface area contributed by atoms with Crippen LogP contribution < -0.4 is 0 Å². The molecule has 1 aromatic carbocycles. The van der Waals surface area contributed by atoms with E-state index in [0.29, 0.717) is 0 Å². The minimum Gasteiger partial charge on any atom is -0.306 e. The van der Waals surface area contributed by atoms with Crippen LogP contribution in [0.1, 0.15) is 17.5 Å². The zero-order valence-corrected chi connectivity index (χ0v) is 10.6. The molecule has 0 aromatic heterocycles. The van der Waals surface area contributed by atoms with E-state index in [0.717, 1.165) is 25.3 Å². The van der Waals surface area contributed by atoms with E-state index in [1.54, 1.807) is 0 Å². The van der Waals surface area contributed by atoms with Gasteiger partial charge in [0.2, 0.25) is 0 Å². The van der Waals surface area contributed by atoms with Gasteiger partial charge in [-0.05, 0) is 50.2 Å². The smallest absolute Gasteiger partial charge is 0.00189 e. The first-order chi connectivity index (χ1) is 7.24. The number of rotatable bonds is 6. The Hall–Kier alpha value is -0.470. The summed E-state index contributed by atoms with van der Waals surface area (Å²) in [4.78, 5) is 2.38. The minimum atomic E-state index is 0.981. The highest BCUT2D eigenvalue weighted by molar-refractivity contribution is 7.80. The summed E-state index contributed by atoms with van der Waals surface area (Å²) in [6, 6.07) is 8.63. The maximum absolute atomic E-state index is 4.22. The second-order valence-electron chi connectivity index (χ2n) is 4.06. The third-order valence-electron chi connectivity index (χ3n) is 2.72. The van der Waals surface area contributed by atoms with Gasteiger partial charge in [-0.3, -0.25) is 0 Å². The van der Waals surface area contributed by atoms with Gasteiger partial charge < -0.3 is 4.90 Å². The van der Waals surface area contributed by atoms with Crippen molar-refractivity contribution >= 4 is 12.6 Å². The van der Waals surface area contributed by atoms with E-state index in [9.17, 15) is 0 Å². The molecule has 0 amide bonds. The van der Waals surface area contributed by atoms with Gasteiger partial charge in [-0.15, -0.1) is 0 Å². The van der Waals surface area contributed by atoms with Crippen molar-refractivity contribution in [3.05, 3.63) is 35.4 Å². The summed E-state index contributed by atoms with van der Waals surface area (Å²) in [5, 5.41) is 0. The van der Waals surface area contributed by atoms with Crippen molar-refractivity contribution < 1.29 is 0 Å². The average Bonchev–Trinajstić information content (AvgIpc) is 2.25. The molecule has 0 aliphatic rings. The molecule has 0 atom stereocenters. The minimum absolute atomic E-state index is 0.981. The predicted octanol–water partition coefficient (Wildman–Crippen LogP) is 2.79. The summed E-state index contributed by atoms with van der Waals surface area (Å²) < 4.78 is 0. The van der Waals surface area contributed by atoms with Gasteiger partial charge in [-0.25, -0.2) is 0 Å². The first kappa shape index (κ1) is 12.6. The lowest BCUT2D eigenvalue weighted by molar-refractivity contribution is 0.340. The first-order valence-electron chi connectivity index (χ1n) is 5.58. The molecule has 0 aliphatic heterocycles. The number of hydrogen-bond donors (Lipinski definition) is 1. The van der Waals surface area contributed by atoms with Crippen LogP contribution in [0.4, 0.5) is 0 Å². The molecule has 0 spiro atoms. The molecule has 0 heterocycles. The SMILES string of the molecule is Cc1ccccc1CCN(C)CCCS. The first-order valence-corrected chi connectivity index (χ1v) is 6.21. The molecule has 84 valence electrons. The Morgan fingerprint density at radius 3 is 2.60 bits per heavy atom. The maximum atomic E-state index is 4.22. The zero-order chi connectivity index (χ0) is 11.1. The molecule has 1 aromatic rings. The monoisotopic (exact) mass is 223 g/mol. The molecule has 2 heteroatoms. The average molecular weight is 223 g/mol. The van der Waals surface area contributed by atoms with Crippen molar-refractivity contribution in [2.24, 2.45) is 0 Å². The standard InChI is InChI=1S/C13H21NS/c1-12-6-3-4-7-13(12)8-10-14(2)9-5-11-15/h3-4,6-7,15H,5,8-11H2,1-2H3. The number of thiol groups is 1. The van der Waals surface area contributed by atoms with E-state index in [-0.39, 0.29) is 0 Å². The normalized spacial score (nSPS) is 10.9. The van der Waals surface area contributed by atoms with Crippen LogP contribution in [-0.2, 0) is 6.42 Å². The zero-order valence-electron chi connectivity index (χ0n) is 9.74. The third-order valence-corrected chi connectivity index (χ3v) is 3.04. The Morgan fingerprint density at radius 2 is 1.93 bits per heavy atom. The van der Waals surface area contributed by atoms with Crippen molar-refractivity contribution in [2.75, 3.05) is 25.9 Å². The second kappa shape index (κ2) is 6.91. The van der Waals surface area contributed by atoms with Crippen LogP contribution in [0.5, 0.6) is 0 Å². The molecule has 1 rings (SSSR count). The topological polar surface area (TPSA) is 3.24 Å². The number of likely N-dealkylation sites (N-methyl/N-ethyl adjacent to an activating group) is 1. The molecule has 0 aliphatic carbocycles. The molecular formula is C13H21NS. The van der Waals surface area contributed by atoms with E-state index in [1.165, 1.54) is 17.5 Å². The van der Waals surface area contributed by atoms with Crippen molar-refractivity contribution in [3.8, 4) is 0 Å². The van der Waals surface area contributed by atoms with Crippen LogP contribution >= 0.6 is 12.6 Å². The van der Waals surface area contributed by atoms with E-state index in [2.05, 4.69) is 55.8 Å². The van der Waals surface area contributed by atoms with Crippen molar-refractivity contribution in [3.63, 3.8) is 0 Å². The molecule has 0 saturated carbocycles. The number of benzene rings is 1. The molecule has 15 heavy (non-hydrogen) atoms. The Bertz CT molecular complexity index is 286. The van der Waals surface area contributed by atoms with E-state index < -0.39 is 0 Å². The summed E-state index contributed by atoms with van der Waals surface area (Å²) in [6.07, 6.45) is 2.32. The fourth-order valence-corrected chi connectivity index (χ4v) is 1.80. The van der Waals surface area contributed by atoms with Crippen LogP contribution in [0.2, 0.25) is 0 Å². The van der Waals surface area contributed by atoms with Crippen LogP contribution in [0, 0.1) is 6.92 Å². The summed E-state index contributed by atoms with van der Waals surface area (Å²) in [7, 11) is 2.18. The van der Waals surface area contributed by atoms with Gasteiger partial charge in [0.05, 0.1) is 0 Å². The van der Waals surface area contributed by atoms with Gasteiger partial charge in [-0.2, -0.15) is 12.6 Å². The fraction of sp³-hybridized carbons (Fsp3) is 0.538. The van der Waals surface area contributed by atoms with Gasteiger partial charge in [0.25, 0.3) is 0 Å². The highest BCUT2D eigenvalue weighted by Gasteiger charge is 2.00. The summed E-state index contributed by atoms with van der Waals surface area (Å²) in [6.45, 7) is 4.47. The van der Waals surface area contributed by atoms with Crippen molar-refractivity contribution in [1.82, 2.24) is 4.90 Å². The summed E-state index contributed by atoms with van der Waals surface area (Å²) >= 11 is 4.22. The lowest BCUT2D eigenvalue weighted by Crippen LogP contribution is -2.22. The van der Waals surface area contributed by atoms with Gasteiger partial charge in [0, 0.05) is 6.54 Å². The Morgan fingerprint density at radius 1 is 1.20 bits per heavy atom. The molecule has 0 unspecified atom stereocenters. The number of aryl methyl sites for hydroxylation is 1. The van der Waals surface area contributed by atoms with Crippen LogP contribution in [0.3, 0.4) is 0 Å². The maximum Gasteiger partial charge on any atom is 0.00189 e. The van der Waals surface area contributed by atoms with E-state index >= 15 is 0 Å². The molecule has 0 bridgehead atoms. The van der Waals surface area contributed by atoms with Crippen LogP contribution in [-0.4, -0.2) is 30.8 Å². The van der Waals surface area contributed by atoms with Gasteiger partial charge in [0.15, 0.2) is 0 Å². The molecular weight excluding hydrogens is 202 g/mol. The van der Waals surface area contributed by atoms with Crippen molar-refractivity contribution in [2.45, 2.75) is 19.8 Å². The summed E-state index contributed by atoms with van der Waals surface area (Å²) in [5.41, 5.74) is 2.87. The molecule has 0 fully saturated rings. The Balaban J connectivity index is 2.33.